The lowest BCUT2D eigenvalue weighted by Gasteiger charge is -2.28. The number of hydrogen-bond acceptors (Lipinski definition) is 6. The second-order valence-electron chi connectivity index (χ2n) is 5.17. The van der Waals surface area contributed by atoms with Crippen molar-refractivity contribution in [2.24, 2.45) is 10.9 Å². The van der Waals surface area contributed by atoms with Crippen molar-refractivity contribution in [2.75, 3.05) is 11.4 Å². The first-order chi connectivity index (χ1) is 10.0. The fourth-order valence-corrected chi connectivity index (χ4v) is 2.60. The van der Waals surface area contributed by atoms with Crippen LogP contribution in [0.2, 0.25) is 0 Å². The largest absolute Gasteiger partial charge is 0.409 e. The summed E-state index contributed by atoms with van der Waals surface area (Å²) in [4.78, 5) is 16.8. The first-order valence-electron chi connectivity index (χ1n) is 6.94. The normalized spacial score (nSPS) is 20.1. The van der Waals surface area contributed by atoms with Crippen molar-refractivity contribution >= 4 is 17.3 Å². The summed E-state index contributed by atoms with van der Waals surface area (Å²) in [6.45, 7) is 2.96. The van der Waals surface area contributed by atoms with Crippen LogP contribution < -0.4 is 10.6 Å². The van der Waals surface area contributed by atoms with E-state index in [-0.39, 0.29) is 17.2 Å². The van der Waals surface area contributed by atoms with Crippen LogP contribution >= 0.6 is 0 Å². The highest BCUT2D eigenvalue weighted by Crippen LogP contribution is 2.26. The summed E-state index contributed by atoms with van der Waals surface area (Å²) in [5.41, 5.74) is 5.14. The topological polar surface area (TPSA) is 118 Å². The van der Waals surface area contributed by atoms with E-state index in [4.69, 9.17) is 10.9 Å². The van der Waals surface area contributed by atoms with E-state index in [9.17, 15) is 10.1 Å². The smallest absolute Gasteiger partial charge is 0.298 e. The molecule has 0 radical (unpaired) electrons. The molecular formula is C13H19N5O3. The van der Waals surface area contributed by atoms with Crippen molar-refractivity contribution in [1.29, 1.82) is 0 Å². The van der Waals surface area contributed by atoms with Gasteiger partial charge in [-0.05, 0) is 25.8 Å². The fraction of sp³-hybridized carbons (Fsp3) is 0.538. The molecule has 1 unspecified atom stereocenters. The third-order valence-corrected chi connectivity index (χ3v) is 3.75. The van der Waals surface area contributed by atoms with Crippen molar-refractivity contribution in [3.63, 3.8) is 0 Å². The zero-order valence-corrected chi connectivity index (χ0v) is 11.9. The Morgan fingerprint density at radius 1 is 1.52 bits per heavy atom. The minimum atomic E-state index is -0.587. The van der Waals surface area contributed by atoms with Crippen LogP contribution in [0.1, 0.15) is 38.3 Å². The quantitative estimate of drug-likeness (QED) is 0.289. The van der Waals surface area contributed by atoms with Gasteiger partial charge in [-0.1, -0.05) is 18.0 Å². The van der Waals surface area contributed by atoms with E-state index in [1.807, 2.05) is 0 Å². The molecule has 0 amide bonds. The molecule has 1 aromatic heterocycles. The molecule has 8 heteroatoms. The Balaban J connectivity index is 2.43. The Hall–Kier alpha value is -2.38. The molecule has 1 fully saturated rings. The molecule has 3 N–H and O–H groups in total. The number of nitro groups is 1. The van der Waals surface area contributed by atoms with E-state index >= 15 is 0 Å². The number of nitrogens with zero attached hydrogens (tertiary/aromatic N) is 4. The van der Waals surface area contributed by atoms with Crippen molar-refractivity contribution in [2.45, 2.75) is 38.6 Å². The summed E-state index contributed by atoms with van der Waals surface area (Å²) in [5.74, 6) is 0.266. The first-order valence-corrected chi connectivity index (χ1v) is 6.94. The highest BCUT2D eigenvalue weighted by atomic mass is 16.6. The maximum absolute atomic E-state index is 11.0. The Bertz CT molecular complexity index is 561. The van der Waals surface area contributed by atoms with Gasteiger partial charge < -0.3 is 15.8 Å². The summed E-state index contributed by atoms with van der Waals surface area (Å²) in [6.07, 6.45) is 4.44. The molecule has 114 valence electrons. The van der Waals surface area contributed by atoms with Crippen LogP contribution in [0.4, 0.5) is 11.5 Å². The van der Waals surface area contributed by atoms with E-state index in [0.29, 0.717) is 11.9 Å². The first kappa shape index (κ1) is 15.0. The molecule has 0 saturated carbocycles. The molecule has 2 rings (SSSR count). The lowest BCUT2D eigenvalue weighted by atomic mass is 10.1. The average molecular weight is 293 g/mol. The van der Waals surface area contributed by atoms with E-state index in [0.717, 1.165) is 25.8 Å². The molecule has 0 spiro atoms. The Morgan fingerprint density at radius 2 is 2.29 bits per heavy atom. The van der Waals surface area contributed by atoms with Gasteiger partial charge in [0.05, 0.1) is 4.92 Å². The zero-order chi connectivity index (χ0) is 15.4. The van der Waals surface area contributed by atoms with Crippen LogP contribution in [0.25, 0.3) is 0 Å². The minimum Gasteiger partial charge on any atom is -0.409 e. The van der Waals surface area contributed by atoms with Crippen LogP contribution in [-0.2, 0) is 0 Å². The molecule has 1 aliphatic heterocycles. The third kappa shape index (κ3) is 3.21. The molecular weight excluding hydrogens is 274 g/mol. The standard InChI is InChI=1S/C13H19N5O3/c1-9-5-3-2-4-8-17(9)11-7-6-10(18(20)21)12(15-11)13(14)16-19/h6-7,9,19H,2-5,8H2,1H3,(H2,14,16). The van der Waals surface area contributed by atoms with Crippen molar-refractivity contribution in [3.8, 4) is 0 Å². The second kappa shape index (κ2) is 6.38. The van der Waals surface area contributed by atoms with Gasteiger partial charge in [-0.25, -0.2) is 4.98 Å². The molecule has 2 heterocycles. The van der Waals surface area contributed by atoms with E-state index in [1.165, 1.54) is 12.5 Å². The summed E-state index contributed by atoms with van der Waals surface area (Å²) >= 11 is 0. The summed E-state index contributed by atoms with van der Waals surface area (Å²) in [6, 6.07) is 3.28. The predicted molar refractivity (Wildman–Crippen MR) is 78.7 cm³/mol. The number of aromatic nitrogens is 1. The maximum Gasteiger partial charge on any atom is 0.298 e. The molecule has 8 nitrogen and oxygen atoms in total. The van der Waals surface area contributed by atoms with Crippen LogP contribution in [0, 0.1) is 10.1 Å². The number of oxime groups is 1. The molecule has 1 aliphatic rings. The van der Waals surface area contributed by atoms with Gasteiger partial charge in [0.25, 0.3) is 5.69 Å². The van der Waals surface area contributed by atoms with Crippen molar-refractivity contribution in [1.82, 2.24) is 4.98 Å². The van der Waals surface area contributed by atoms with E-state index < -0.39 is 4.92 Å². The Kier molecular flexibility index (Phi) is 4.56. The Labute approximate surface area is 122 Å². The molecule has 1 saturated heterocycles. The number of hydrogen-bond donors (Lipinski definition) is 2. The van der Waals surface area contributed by atoms with Gasteiger partial charge in [-0.15, -0.1) is 0 Å². The van der Waals surface area contributed by atoms with Gasteiger partial charge in [-0.3, -0.25) is 10.1 Å². The molecule has 0 bridgehead atoms. The number of pyridine rings is 1. The maximum atomic E-state index is 11.0. The molecule has 1 atom stereocenters. The number of amidine groups is 1. The fourth-order valence-electron chi connectivity index (χ4n) is 2.60. The molecule has 21 heavy (non-hydrogen) atoms. The third-order valence-electron chi connectivity index (χ3n) is 3.75. The van der Waals surface area contributed by atoms with E-state index in [2.05, 4.69) is 22.0 Å². The second-order valence-corrected chi connectivity index (χ2v) is 5.17. The minimum absolute atomic E-state index is 0.101. The molecule has 0 aliphatic carbocycles. The van der Waals surface area contributed by atoms with Gasteiger partial charge in [0.1, 0.15) is 5.82 Å². The van der Waals surface area contributed by atoms with Gasteiger partial charge >= 0.3 is 0 Å². The predicted octanol–water partition coefficient (Wildman–Crippen LogP) is 1.85. The number of anilines is 1. The summed E-state index contributed by atoms with van der Waals surface area (Å²) in [5, 5.41) is 22.6. The van der Waals surface area contributed by atoms with Crippen molar-refractivity contribution in [3.05, 3.63) is 27.9 Å². The highest BCUT2D eigenvalue weighted by Gasteiger charge is 2.24. The zero-order valence-electron chi connectivity index (χ0n) is 11.9. The monoisotopic (exact) mass is 293 g/mol. The van der Waals surface area contributed by atoms with Crippen LogP contribution in [0.15, 0.2) is 17.3 Å². The highest BCUT2D eigenvalue weighted by molar-refractivity contribution is 5.99. The van der Waals surface area contributed by atoms with Crippen LogP contribution in [0.3, 0.4) is 0 Å². The van der Waals surface area contributed by atoms with Crippen LogP contribution in [0.5, 0.6) is 0 Å². The van der Waals surface area contributed by atoms with Crippen LogP contribution in [-0.4, -0.2) is 33.5 Å². The number of nitrogens with two attached hydrogens (primary N) is 1. The SMILES string of the molecule is CC1CCCCCN1c1ccc([N+](=O)[O-])c(/C(N)=N/O)n1. The Morgan fingerprint density at radius 3 is 2.95 bits per heavy atom. The van der Waals surface area contributed by atoms with Gasteiger partial charge in [0.2, 0.25) is 0 Å². The summed E-state index contributed by atoms with van der Waals surface area (Å²) in [7, 11) is 0. The lowest BCUT2D eigenvalue weighted by molar-refractivity contribution is -0.385. The van der Waals surface area contributed by atoms with Crippen molar-refractivity contribution < 1.29 is 10.1 Å². The average Bonchev–Trinajstić information content (AvgIpc) is 2.70. The lowest BCUT2D eigenvalue weighted by Crippen LogP contribution is -2.33. The number of rotatable bonds is 3. The molecule has 0 aromatic carbocycles. The molecule has 1 aromatic rings. The summed E-state index contributed by atoms with van der Waals surface area (Å²) < 4.78 is 0. The van der Waals surface area contributed by atoms with E-state index in [1.54, 1.807) is 6.07 Å². The van der Waals surface area contributed by atoms with Gasteiger partial charge in [0, 0.05) is 18.7 Å². The van der Waals surface area contributed by atoms with Gasteiger partial charge in [-0.2, -0.15) is 0 Å². The van der Waals surface area contributed by atoms with Gasteiger partial charge in [0.15, 0.2) is 11.5 Å².